The van der Waals surface area contributed by atoms with Crippen molar-refractivity contribution in [3.05, 3.63) is 0 Å². The first kappa shape index (κ1) is 10.4. The minimum Gasteiger partial charge on any atom is -0.371 e. The van der Waals surface area contributed by atoms with Crippen LogP contribution < -0.4 is 5.32 Å². The minimum atomic E-state index is -0.832. The van der Waals surface area contributed by atoms with E-state index in [9.17, 15) is 9.59 Å². The second-order valence-electron chi connectivity index (χ2n) is 4.20. The van der Waals surface area contributed by atoms with Crippen molar-refractivity contribution in [3.8, 4) is 0 Å². The van der Waals surface area contributed by atoms with Crippen LogP contribution in [0, 0.1) is 0 Å². The molecule has 0 radical (unpaired) electrons. The van der Waals surface area contributed by atoms with E-state index in [4.69, 9.17) is 9.47 Å². The molecular weight excluding hydrogens is 200 g/mol. The van der Waals surface area contributed by atoms with E-state index in [2.05, 4.69) is 5.32 Å². The highest BCUT2D eigenvalue weighted by Crippen LogP contribution is 2.20. The highest BCUT2D eigenvalue weighted by atomic mass is 16.6. The molecule has 0 bridgehead atoms. The molecule has 6 heteroatoms. The van der Waals surface area contributed by atoms with E-state index in [-0.39, 0.29) is 18.7 Å². The maximum Gasteiger partial charge on any atom is 0.326 e. The molecule has 0 aliphatic carbocycles. The lowest BCUT2D eigenvalue weighted by Crippen LogP contribution is -2.45. The number of imide groups is 1. The highest BCUT2D eigenvalue weighted by Gasteiger charge is 2.45. The number of amides is 3. The lowest BCUT2D eigenvalue weighted by molar-refractivity contribution is -0.126. The molecule has 2 fully saturated rings. The molecule has 0 spiro atoms. The first-order chi connectivity index (χ1) is 7.01. The van der Waals surface area contributed by atoms with Crippen molar-refractivity contribution in [2.75, 3.05) is 19.9 Å². The SMILES string of the molecule is CC1(C)C(=O)NC(=O)N1COCC1CO1. The molecule has 2 rings (SSSR count). The van der Waals surface area contributed by atoms with Crippen LogP contribution in [0.3, 0.4) is 0 Å². The van der Waals surface area contributed by atoms with Gasteiger partial charge in [-0.25, -0.2) is 4.79 Å². The number of ether oxygens (including phenoxy) is 2. The molecule has 15 heavy (non-hydrogen) atoms. The van der Waals surface area contributed by atoms with E-state index >= 15 is 0 Å². The van der Waals surface area contributed by atoms with Gasteiger partial charge in [-0.15, -0.1) is 0 Å². The Morgan fingerprint density at radius 2 is 2.27 bits per heavy atom. The minimum absolute atomic E-state index is 0.116. The Kier molecular flexibility index (Phi) is 2.40. The zero-order valence-electron chi connectivity index (χ0n) is 8.78. The summed E-state index contributed by atoms with van der Waals surface area (Å²) in [6, 6.07) is -0.401. The summed E-state index contributed by atoms with van der Waals surface area (Å²) in [5, 5.41) is 2.25. The van der Waals surface area contributed by atoms with E-state index in [0.29, 0.717) is 13.2 Å². The van der Waals surface area contributed by atoms with Crippen molar-refractivity contribution < 1.29 is 19.1 Å². The summed E-state index contributed by atoms with van der Waals surface area (Å²) in [5.74, 6) is -0.293. The third kappa shape index (κ3) is 1.95. The Hall–Kier alpha value is -1.14. The molecule has 84 valence electrons. The molecule has 0 aromatic heterocycles. The van der Waals surface area contributed by atoms with E-state index < -0.39 is 11.6 Å². The Labute approximate surface area is 87.5 Å². The molecule has 1 atom stereocenters. The molecule has 1 unspecified atom stereocenters. The molecule has 2 saturated heterocycles. The lowest BCUT2D eigenvalue weighted by Gasteiger charge is -2.27. The summed E-state index contributed by atoms with van der Waals surface area (Å²) in [6.07, 6.45) is 0.162. The number of nitrogens with zero attached hydrogens (tertiary/aromatic N) is 1. The molecular formula is C9H14N2O4. The first-order valence-electron chi connectivity index (χ1n) is 4.84. The van der Waals surface area contributed by atoms with Crippen LogP contribution in [-0.4, -0.2) is 48.4 Å². The Bertz CT molecular complexity index is 298. The Morgan fingerprint density at radius 3 is 2.73 bits per heavy atom. The topological polar surface area (TPSA) is 71.2 Å². The standard InChI is InChI=1S/C9H14N2O4/c1-9(2)7(12)10-8(13)11(9)5-14-3-6-4-15-6/h6H,3-5H2,1-2H3,(H,10,12,13). The van der Waals surface area contributed by atoms with Gasteiger partial charge in [-0.05, 0) is 13.8 Å². The van der Waals surface area contributed by atoms with Gasteiger partial charge in [0.25, 0.3) is 5.91 Å². The van der Waals surface area contributed by atoms with Crippen LogP contribution in [0.1, 0.15) is 13.8 Å². The number of carbonyl (C=O) groups excluding carboxylic acids is 2. The van der Waals surface area contributed by atoms with Gasteiger partial charge in [-0.1, -0.05) is 0 Å². The van der Waals surface area contributed by atoms with Crippen molar-refractivity contribution >= 4 is 11.9 Å². The number of carbonyl (C=O) groups is 2. The van der Waals surface area contributed by atoms with E-state index in [0.717, 1.165) is 0 Å². The monoisotopic (exact) mass is 214 g/mol. The molecule has 0 aromatic rings. The zero-order valence-corrected chi connectivity index (χ0v) is 8.78. The second-order valence-corrected chi connectivity index (χ2v) is 4.20. The fourth-order valence-electron chi connectivity index (χ4n) is 1.35. The number of hydrogen-bond donors (Lipinski definition) is 1. The molecule has 2 heterocycles. The largest absolute Gasteiger partial charge is 0.371 e. The van der Waals surface area contributed by atoms with Gasteiger partial charge in [-0.2, -0.15) is 0 Å². The summed E-state index contributed by atoms with van der Waals surface area (Å²) >= 11 is 0. The normalized spacial score (nSPS) is 28.1. The average molecular weight is 214 g/mol. The summed E-state index contributed by atoms with van der Waals surface area (Å²) in [7, 11) is 0. The van der Waals surface area contributed by atoms with Crippen LogP contribution in [0.15, 0.2) is 0 Å². The second kappa shape index (κ2) is 3.46. The Morgan fingerprint density at radius 1 is 1.60 bits per heavy atom. The number of epoxide rings is 1. The van der Waals surface area contributed by atoms with Crippen LogP contribution >= 0.6 is 0 Å². The molecule has 6 nitrogen and oxygen atoms in total. The summed E-state index contributed by atoms with van der Waals surface area (Å²) < 4.78 is 10.2. The van der Waals surface area contributed by atoms with Gasteiger partial charge in [0.05, 0.1) is 13.2 Å². The average Bonchev–Trinajstić information content (AvgIpc) is 2.91. The van der Waals surface area contributed by atoms with Crippen molar-refractivity contribution in [1.82, 2.24) is 10.2 Å². The summed E-state index contributed by atoms with van der Waals surface area (Å²) in [4.78, 5) is 24.1. The number of urea groups is 1. The smallest absolute Gasteiger partial charge is 0.326 e. The molecule has 2 aliphatic rings. The quantitative estimate of drug-likeness (QED) is 0.514. The van der Waals surface area contributed by atoms with Gasteiger partial charge >= 0.3 is 6.03 Å². The zero-order chi connectivity index (χ0) is 11.1. The fourth-order valence-corrected chi connectivity index (χ4v) is 1.35. The Balaban J connectivity index is 1.88. The molecule has 1 N–H and O–H groups in total. The van der Waals surface area contributed by atoms with Crippen LogP contribution in [0.5, 0.6) is 0 Å². The van der Waals surface area contributed by atoms with Gasteiger partial charge in [-0.3, -0.25) is 15.0 Å². The fraction of sp³-hybridized carbons (Fsp3) is 0.778. The number of nitrogens with one attached hydrogen (secondary N) is 1. The third-order valence-corrected chi connectivity index (χ3v) is 2.62. The maximum absolute atomic E-state index is 11.4. The van der Waals surface area contributed by atoms with Crippen molar-refractivity contribution in [3.63, 3.8) is 0 Å². The third-order valence-electron chi connectivity index (χ3n) is 2.62. The first-order valence-corrected chi connectivity index (χ1v) is 4.84. The highest BCUT2D eigenvalue weighted by molar-refractivity contribution is 6.06. The van der Waals surface area contributed by atoms with Gasteiger partial charge in [0, 0.05) is 0 Å². The predicted molar refractivity (Wildman–Crippen MR) is 50.0 cm³/mol. The van der Waals surface area contributed by atoms with Crippen molar-refractivity contribution in [1.29, 1.82) is 0 Å². The molecule has 3 amide bonds. The van der Waals surface area contributed by atoms with Crippen molar-refractivity contribution in [2.45, 2.75) is 25.5 Å². The van der Waals surface area contributed by atoms with Gasteiger partial charge in [0.1, 0.15) is 18.4 Å². The summed E-state index contributed by atoms with van der Waals surface area (Å²) in [5.41, 5.74) is -0.832. The predicted octanol–water partition coefficient (Wildman–Crippen LogP) is -0.310. The van der Waals surface area contributed by atoms with E-state index in [1.54, 1.807) is 13.8 Å². The van der Waals surface area contributed by atoms with Crippen molar-refractivity contribution in [2.24, 2.45) is 0 Å². The maximum atomic E-state index is 11.4. The van der Waals surface area contributed by atoms with Crippen LogP contribution in [0.2, 0.25) is 0 Å². The molecule has 0 aromatic carbocycles. The molecule has 2 aliphatic heterocycles. The van der Waals surface area contributed by atoms with Gasteiger partial charge in [0.15, 0.2) is 0 Å². The summed E-state index contributed by atoms with van der Waals surface area (Å²) in [6.45, 7) is 4.67. The van der Waals surface area contributed by atoms with Crippen LogP contribution in [0.25, 0.3) is 0 Å². The van der Waals surface area contributed by atoms with Gasteiger partial charge < -0.3 is 9.47 Å². The van der Waals surface area contributed by atoms with Crippen LogP contribution in [-0.2, 0) is 14.3 Å². The number of rotatable bonds is 4. The van der Waals surface area contributed by atoms with E-state index in [1.807, 2.05) is 0 Å². The number of hydrogen-bond acceptors (Lipinski definition) is 4. The van der Waals surface area contributed by atoms with Gasteiger partial charge in [0.2, 0.25) is 0 Å². The lowest BCUT2D eigenvalue weighted by atomic mass is 10.1. The van der Waals surface area contributed by atoms with Crippen LogP contribution in [0.4, 0.5) is 4.79 Å². The van der Waals surface area contributed by atoms with E-state index in [1.165, 1.54) is 4.90 Å². The molecule has 0 saturated carbocycles.